The van der Waals surface area contributed by atoms with Crippen molar-refractivity contribution in [3.8, 4) is 0 Å². The third-order valence-corrected chi connectivity index (χ3v) is 2.83. The van der Waals surface area contributed by atoms with Crippen LogP contribution >= 0.6 is 23.6 Å². The normalized spacial score (nSPS) is 10.5. The smallest absolute Gasteiger partial charge is 0.241 e. The first-order chi connectivity index (χ1) is 9.74. The highest BCUT2D eigenvalue weighted by atomic mass is 35.5. The van der Waals surface area contributed by atoms with E-state index in [9.17, 15) is 4.79 Å². The number of carbonyl (C=O) groups excluding carboxylic acids is 1. The number of hydrogen-bond donors (Lipinski definition) is 0. The second kappa shape index (κ2) is 6.88. The molecule has 2 amide bonds. The van der Waals surface area contributed by atoms with Crippen LogP contribution in [0, 0.1) is 0 Å². The van der Waals surface area contributed by atoms with Crippen molar-refractivity contribution in [2.75, 3.05) is 5.01 Å². The summed E-state index contributed by atoms with van der Waals surface area (Å²) in [6.07, 6.45) is 0. The number of anilines is 2. The molecule has 5 nitrogen and oxygen atoms in total. The van der Waals surface area contributed by atoms with Crippen LogP contribution in [0.4, 0.5) is 16.2 Å². The Labute approximate surface area is 126 Å². The van der Waals surface area contributed by atoms with Crippen molar-refractivity contribution in [3.05, 3.63) is 60.7 Å². The fourth-order valence-electron chi connectivity index (χ4n) is 1.65. The minimum atomic E-state index is -0.797. The Hall–Kier alpha value is -2.11. The first-order valence-electron chi connectivity index (χ1n) is 5.66. The molecule has 102 valence electrons. The van der Waals surface area contributed by atoms with Gasteiger partial charge in [0, 0.05) is 11.8 Å². The van der Waals surface area contributed by atoms with Gasteiger partial charge in [0.2, 0.25) is 0 Å². The fourth-order valence-corrected chi connectivity index (χ4v) is 1.92. The van der Waals surface area contributed by atoms with E-state index < -0.39 is 6.03 Å². The van der Waals surface area contributed by atoms with E-state index in [1.165, 1.54) is 5.01 Å². The molecule has 0 heterocycles. The minimum Gasteiger partial charge on any atom is -0.241 e. The number of halogens is 2. The molecule has 7 heteroatoms. The first kappa shape index (κ1) is 14.3. The summed E-state index contributed by atoms with van der Waals surface area (Å²) in [6, 6.07) is 17.5. The lowest BCUT2D eigenvalue weighted by atomic mass is 10.2. The topological polar surface area (TPSA) is 48.3 Å². The zero-order valence-electron chi connectivity index (χ0n) is 10.2. The summed E-state index contributed by atoms with van der Waals surface area (Å²) in [4.78, 5) is 11.7. The number of para-hydroxylation sites is 2. The molecule has 0 spiro atoms. The zero-order valence-corrected chi connectivity index (χ0v) is 11.7. The van der Waals surface area contributed by atoms with Crippen molar-refractivity contribution in [1.82, 2.24) is 4.53 Å². The summed E-state index contributed by atoms with van der Waals surface area (Å²) < 4.78 is 3.74. The minimum absolute atomic E-state index is 0.701. The van der Waals surface area contributed by atoms with Gasteiger partial charge in [0.25, 0.3) is 0 Å². The van der Waals surface area contributed by atoms with E-state index in [1.54, 1.807) is 0 Å². The Morgan fingerprint density at radius 3 is 1.75 bits per heavy atom. The molecule has 0 unspecified atom stereocenters. The quantitative estimate of drug-likeness (QED) is 0.459. The molecule has 2 aromatic carbocycles. The van der Waals surface area contributed by atoms with Gasteiger partial charge in [0.05, 0.1) is 23.2 Å². The monoisotopic (exact) mass is 308 g/mol. The number of hydrogen-bond acceptors (Lipinski definition) is 3. The van der Waals surface area contributed by atoms with Crippen LogP contribution in [0.3, 0.4) is 0 Å². The molecule has 0 atom stereocenters. The first-order valence-corrected chi connectivity index (χ1v) is 6.33. The van der Waals surface area contributed by atoms with E-state index in [1.807, 2.05) is 60.7 Å². The maximum atomic E-state index is 11.7. The standard InChI is InChI=1S/C13H10Cl2N4O/c14-17-16-13(20)19(15)18(11-7-3-1-4-8-11)12-9-5-2-6-10-12/h1-10H. The van der Waals surface area contributed by atoms with Crippen molar-refractivity contribution in [2.24, 2.45) is 9.75 Å². The second-order valence-electron chi connectivity index (χ2n) is 3.70. The molecule has 2 rings (SSSR count). The van der Waals surface area contributed by atoms with Crippen molar-refractivity contribution >= 4 is 41.0 Å². The van der Waals surface area contributed by atoms with Crippen molar-refractivity contribution in [2.45, 2.75) is 0 Å². The van der Waals surface area contributed by atoms with Crippen LogP contribution in [-0.4, -0.2) is 10.6 Å². The van der Waals surface area contributed by atoms with Crippen molar-refractivity contribution in [3.63, 3.8) is 0 Å². The van der Waals surface area contributed by atoms with Crippen LogP contribution in [0.15, 0.2) is 70.4 Å². The predicted molar refractivity (Wildman–Crippen MR) is 78.8 cm³/mol. The third-order valence-electron chi connectivity index (χ3n) is 2.46. The van der Waals surface area contributed by atoms with Crippen LogP contribution in [0.1, 0.15) is 0 Å². The van der Waals surface area contributed by atoms with Crippen molar-refractivity contribution in [1.29, 1.82) is 0 Å². The highest BCUT2D eigenvalue weighted by Crippen LogP contribution is 2.28. The summed E-state index contributed by atoms with van der Waals surface area (Å²) in [5.74, 6) is 0. The Bertz CT molecular complexity index is 552. The molecule has 0 N–H and O–H groups in total. The van der Waals surface area contributed by atoms with Gasteiger partial charge in [0.15, 0.2) is 0 Å². The lowest BCUT2D eigenvalue weighted by Gasteiger charge is -2.29. The van der Waals surface area contributed by atoms with Crippen LogP contribution in [0.5, 0.6) is 0 Å². The van der Waals surface area contributed by atoms with Crippen LogP contribution < -0.4 is 5.01 Å². The molecule has 0 aromatic heterocycles. The van der Waals surface area contributed by atoms with Crippen LogP contribution in [0.2, 0.25) is 0 Å². The van der Waals surface area contributed by atoms with Gasteiger partial charge in [-0.15, -0.1) is 4.53 Å². The van der Waals surface area contributed by atoms with Gasteiger partial charge < -0.3 is 0 Å². The average Bonchev–Trinajstić information content (AvgIpc) is 2.50. The Morgan fingerprint density at radius 1 is 0.900 bits per heavy atom. The molecule has 2 aromatic rings. The van der Waals surface area contributed by atoms with Gasteiger partial charge in [0.1, 0.15) is 0 Å². The molecule has 0 saturated carbocycles. The zero-order chi connectivity index (χ0) is 14.4. The number of rotatable bonds is 3. The van der Waals surface area contributed by atoms with Crippen molar-refractivity contribution < 1.29 is 4.79 Å². The summed E-state index contributed by atoms with van der Waals surface area (Å²) >= 11 is 11.1. The molecule has 20 heavy (non-hydrogen) atoms. The van der Waals surface area contributed by atoms with E-state index in [0.717, 1.165) is 4.53 Å². The highest BCUT2D eigenvalue weighted by Gasteiger charge is 2.22. The summed E-state index contributed by atoms with van der Waals surface area (Å²) in [5, 5.41) is 4.70. The molecule has 0 fully saturated rings. The molecule has 0 saturated heterocycles. The number of nitrogens with zero attached hydrogens (tertiary/aromatic N) is 4. The lowest BCUT2D eigenvalue weighted by molar-refractivity contribution is 0.232. The SMILES string of the molecule is O=C(N=NCl)N(Cl)N(c1ccccc1)c1ccccc1. The number of benzene rings is 2. The largest absolute Gasteiger partial charge is 0.397 e. The predicted octanol–water partition coefficient (Wildman–Crippen LogP) is 4.92. The van der Waals surface area contributed by atoms with E-state index in [-0.39, 0.29) is 0 Å². The Balaban J connectivity index is 2.42. The summed E-state index contributed by atoms with van der Waals surface area (Å²) in [7, 11) is 0. The van der Waals surface area contributed by atoms with Gasteiger partial charge >= 0.3 is 6.03 Å². The van der Waals surface area contributed by atoms with Gasteiger partial charge in [-0.2, -0.15) is 0 Å². The molecular weight excluding hydrogens is 299 g/mol. The third kappa shape index (κ3) is 3.26. The molecule has 0 aliphatic rings. The van der Waals surface area contributed by atoms with Gasteiger partial charge in [-0.1, -0.05) is 46.1 Å². The van der Waals surface area contributed by atoms with E-state index in [4.69, 9.17) is 23.6 Å². The molecule has 0 bridgehead atoms. The van der Waals surface area contributed by atoms with E-state index in [0.29, 0.717) is 11.4 Å². The maximum Gasteiger partial charge on any atom is 0.397 e. The Kier molecular flexibility index (Phi) is 4.92. The molecular formula is C13H10Cl2N4O. The lowest BCUT2D eigenvalue weighted by Crippen LogP contribution is -2.35. The second-order valence-corrected chi connectivity index (χ2v) is 4.17. The Morgan fingerprint density at radius 2 is 1.35 bits per heavy atom. The number of amides is 2. The molecule has 0 aliphatic carbocycles. The van der Waals surface area contributed by atoms with Gasteiger partial charge in [-0.3, -0.25) is 0 Å². The average molecular weight is 309 g/mol. The number of urea groups is 1. The summed E-state index contributed by atoms with van der Waals surface area (Å²) in [5.41, 5.74) is 1.40. The summed E-state index contributed by atoms with van der Waals surface area (Å²) in [6.45, 7) is 0. The number of carbonyl (C=O) groups is 1. The van der Waals surface area contributed by atoms with Crippen LogP contribution in [0.25, 0.3) is 0 Å². The van der Waals surface area contributed by atoms with Gasteiger partial charge in [-0.05, 0) is 24.3 Å². The van der Waals surface area contributed by atoms with Crippen LogP contribution in [-0.2, 0) is 0 Å². The molecule has 0 radical (unpaired) electrons. The van der Waals surface area contributed by atoms with Gasteiger partial charge in [-0.25, -0.2) is 9.80 Å². The fraction of sp³-hybridized carbons (Fsp3) is 0. The van der Waals surface area contributed by atoms with E-state index >= 15 is 0 Å². The highest BCUT2D eigenvalue weighted by molar-refractivity contribution is 6.22. The van der Waals surface area contributed by atoms with E-state index in [2.05, 4.69) is 9.75 Å². The maximum absolute atomic E-state index is 11.7. The molecule has 0 aliphatic heterocycles. The number of hydrazine groups is 1.